The summed E-state index contributed by atoms with van der Waals surface area (Å²) in [5, 5.41) is 4.26. The van der Waals surface area contributed by atoms with Gasteiger partial charge in [-0.05, 0) is 23.6 Å². The number of para-hydroxylation sites is 1. The van der Waals surface area contributed by atoms with Crippen molar-refractivity contribution in [1.29, 1.82) is 0 Å². The minimum Gasteiger partial charge on any atom is -0.358 e. The second-order valence-corrected chi connectivity index (χ2v) is 11.8. The minimum atomic E-state index is -3.56. The molecule has 36 heavy (non-hydrogen) atoms. The molecule has 9 nitrogen and oxygen atoms in total. The van der Waals surface area contributed by atoms with Crippen LogP contribution in [-0.2, 0) is 27.1 Å². The van der Waals surface area contributed by atoms with Crippen molar-refractivity contribution in [3.63, 3.8) is 0 Å². The molecule has 3 heterocycles. The van der Waals surface area contributed by atoms with Gasteiger partial charge in [0.1, 0.15) is 17.7 Å². The molecule has 3 aromatic rings. The Kier molecular flexibility index (Phi) is 6.67. The highest BCUT2D eigenvalue weighted by atomic mass is 32.2. The molecule has 2 atom stereocenters. The molecule has 10 heteroatoms. The van der Waals surface area contributed by atoms with Crippen LogP contribution in [0.15, 0.2) is 54.6 Å². The molecule has 0 saturated carbocycles. The number of sulfonamides is 1. The number of benzene rings is 2. The molecule has 1 saturated heterocycles. The fourth-order valence-corrected chi connectivity index (χ4v) is 6.49. The van der Waals surface area contributed by atoms with Gasteiger partial charge in [-0.2, -0.15) is 4.31 Å². The van der Waals surface area contributed by atoms with Gasteiger partial charge in [-0.15, -0.1) is 0 Å². The standard InChI is InChI=1S/C26H32N6O3S/c1-18(2)24-26(33)30(3)23-16-32(36(34,35)17-19-9-5-4-6-10-19)14-13-31(23)15-22-27-21-12-8-7-11-20(21)25(28-22)29-24/h4-12,18,23-24H,13-17H2,1-3H3,(H,27,28,29)/t23?,24-/m0/s1. The number of nitrogens with zero attached hydrogens (tertiary/aromatic N) is 5. The normalized spacial score (nSPS) is 21.9. The van der Waals surface area contributed by atoms with Gasteiger partial charge < -0.3 is 10.2 Å². The molecule has 190 valence electrons. The number of anilines is 1. The highest BCUT2D eigenvalue weighted by molar-refractivity contribution is 7.88. The largest absolute Gasteiger partial charge is 0.358 e. The molecule has 1 amide bonds. The van der Waals surface area contributed by atoms with E-state index in [0.717, 1.165) is 16.5 Å². The van der Waals surface area contributed by atoms with Crippen molar-refractivity contribution in [2.75, 3.05) is 32.0 Å². The minimum absolute atomic E-state index is 0.00786. The van der Waals surface area contributed by atoms with Gasteiger partial charge in [-0.3, -0.25) is 9.69 Å². The van der Waals surface area contributed by atoms with E-state index in [-0.39, 0.29) is 24.1 Å². The summed E-state index contributed by atoms with van der Waals surface area (Å²) in [5.74, 6) is 1.14. The van der Waals surface area contributed by atoms with Crippen molar-refractivity contribution >= 4 is 32.7 Å². The summed E-state index contributed by atoms with van der Waals surface area (Å²) in [7, 11) is -1.79. The molecule has 2 bridgehead atoms. The predicted molar refractivity (Wildman–Crippen MR) is 139 cm³/mol. The number of piperazine rings is 1. The fourth-order valence-electron chi connectivity index (χ4n) is 4.97. The Labute approximate surface area is 212 Å². The molecule has 5 rings (SSSR count). The van der Waals surface area contributed by atoms with Gasteiger partial charge in [0.05, 0.1) is 24.0 Å². The second-order valence-electron chi connectivity index (χ2n) is 9.87. The van der Waals surface area contributed by atoms with Crippen molar-refractivity contribution in [3.8, 4) is 0 Å². The van der Waals surface area contributed by atoms with Crippen LogP contribution in [0.3, 0.4) is 0 Å². The van der Waals surface area contributed by atoms with Crippen molar-refractivity contribution in [1.82, 2.24) is 24.1 Å². The van der Waals surface area contributed by atoms with Gasteiger partial charge in [0.25, 0.3) is 0 Å². The number of rotatable bonds is 4. The Bertz CT molecular complexity index is 1360. The van der Waals surface area contributed by atoms with Crippen LogP contribution in [0.5, 0.6) is 0 Å². The molecular formula is C26H32N6O3S. The SMILES string of the molecule is CC(C)[C@@H]1Nc2nc(nc3ccccc23)CN2CCN(S(=O)(=O)Cc3ccccc3)CC2N(C)C1=O. The summed E-state index contributed by atoms with van der Waals surface area (Å²) in [6, 6.07) is 16.5. The summed E-state index contributed by atoms with van der Waals surface area (Å²) in [6.07, 6.45) is -0.434. The monoisotopic (exact) mass is 508 g/mol. The zero-order valence-corrected chi connectivity index (χ0v) is 21.6. The number of nitrogens with one attached hydrogen (secondary N) is 1. The maximum Gasteiger partial charge on any atom is 0.246 e. The van der Waals surface area contributed by atoms with Crippen molar-refractivity contribution < 1.29 is 13.2 Å². The Hall–Kier alpha value is -3.08. The average Bonchev–Trinajstić information content (AvgIpc) is 2.86. The Morgan fingerprint density at radius 2 is 1.75 bits per heavy atom. The molecule has 0 radical (unpaired) electrons. The number of fused-ring (bicyclic) bond motifs is 5. The number of aromatic nitrogens is 2. The average molecular weight is 509 g/mol. The molecule has 1 N–H and O–H groups in total. The van der Waals surface area contributed by atoms with E-state index in [4.69, 9.17) is 9.97 Å². The zero-order valence-electron chi connectivity index (χ0n) is 20.8. The first kappa shape index (κ1) is 24.6. The lowest BCUT2D eigenvalue weighted by atomic mass is 10.0. The first-order chi connectivity index (χ1) is 17.2. The second kappa shape index (κ2) is 9.76. The van der Waals surface area contributed by atoms with Crippen LogP contribution < -0.4 is 5.32 Å². The summed E-state index contributed by atoms with van der Waals surface area (Å²) in [5.41, 5.74) is 1.56. The molecule has 0 aliphatic carbocycles. The lowest BCUT2D eigenvalue weighted by molar-refractivity contribution is -0.139. The van der Waals surface area contributed by atoms with Crippen molar-refractivity contribution in [2.24, 2.45) is 5.92 Å². The smallest absolute Gasteiger partial charge is 0.246 e. The Balaban J connectivity index is 1.50. The highest BCUT2D eigenvalue weighted by Crippen LogP contribution is 2.27. The van der Waals surface area contributed by atoms with E-state index in [1.54, 1.807) is 11.9 Å². The summed E-state index contributed by atoms with van der Waals surface area (Å²) in [6.45, 7) is 5.43. The maximum absolute atomic E-state index is 13.8. The molecule has 1 fully saturated rings. The maximum atomic E-state index is 13.8. The van der Waals surface area contributed by atoms with Gasteiger partial charge in [0, 0.05) is 32.1 Å². The van der Waals surface area contributed by atoms with E-state index < -0.39 is 22.2 Å². The lowest BCUT2D eigenvalue weighted by Crippen LogP contribution is -2.63. The highest BCUT2D eigenvalue weighted by Gasteiger charge is 2.40. The third-order valence-electron chi connectivity index (χ3n) is 7.02. The van der Waals surface area contributed by atoms with Crippen LogP contribution in [0, 0.1) is 5.92 Å². The van der Waals surface area contributed by atoms with Gasteiger partial charge in [0.2, 0.25) is 15.9 Å². The third kappa shape index (κ3) is 4.80. The topological polar surface area (TPSA) is 98.7 Å². The number of amides is 1. The molecule has 2 aliphatic heterocycles. The fraction of sp³-hybridized carbons (Fsp3) is 0.423. The van der Waals surface area contributed by atoms with E-state index >= 15 is 0 Å². The van der Waals surface area contributed by atoms with Gasteiger partial charge >= 0.3 is 0 Å². The van der Waals surface area contributed by atoms with Gasteiger partial charge in [0.15, 0.2) is 0 Å². The summed E-state index contributed by atoms with van der Waals surface area (Å²) < 4.78 is 28.2. The lowest BCUT2D eigenvalue weighted by Gasteiger charge is -2.45. The van der Waals surface area contributed by atoms with E-state index in [2.05, 4.69) is 10.2 Å². The van der Waals surface area contributed by atoms with E-state index in [1.165, 1.54) is 4.31 Å². The molecule has 2 aliphatic rings. The quantitative estimate of drug-likeness (QED) is 0.578. The molecule has 0 spiro atoms. The number of hydrogen-bond acceptors (Lipinski definition) is 7. The van der Waals surface area contributed by atoms with Crippen LogP contribution in [-0.4, -0.2) is 77.3 Å². The molecule has 1 aromatic heterocycles. The first-order valence-electron chi connectivity index (χ1n) is 12.3. The predicted octanol–water partition coefficient (Wildman–Crippen LogP) is 2.51. The van der Waals surface area contributed by atoms with Crippen LogP contribution in [0.2, 0.25) is 0 Å². The third-order valence-corrected chi connectivity index (χ3v) is 8.84. The van der Waals surface area contributed by atoms with E-state index in [1.807, 2.05) is 68.4 Å². The molecule has 1 unspecified atom stereocenters. The number of carbonyl (C=O) groups excluding carboxylic acids is 1. The first-order valence-corrected chi connectivity index (χ1v) is 13.9. The number of hydrogen-bond donors (Lipinski definition) is 1. The van der Waals surface area contributed by atoms with E-state index in [0.29, 0.717) is 31.3 Å². The van der Waals surface area contributed by atoms with E-state index in [9.17, 15) is 13.2 Å². The molecule has 2 aromatic carbocycles. The Morgan fingerprint density at radius 3 is 2.50 bits per heavy atom. The van der Waals surface area contributed by atoms with Crippen LogP contribution in [0.1, 0.15) is 25.2 Å². The number of likely N-dealkylation sites (N-methyl/N-ethyl adjacent to an activating group) is 1. The summed E-state index contributed by atoms with van der Waals surface area (Å²) >= 11 is 0. The van der Waals surface area contributed by atoms with Crippen molar-refractivity contribution in [2.45, 2.75) is 38.4 Å². The van der Waals surface area contributed by atoms with Gasteiger partial charge in [-0.1, -0.05) is 56.3 Å². The molecular weight excluding hydrogens is 476 g/mol. The Morgan fingerprint density at radius 1 is 1.03 bits per heavy atom. The zero-order chi connectivity index (χ0) is 25.4. The van der Waals surface area contributed by atoms with Crippen LogP contribution in [0.25, 0.3) is 10.9 Å². The summed E-state index contributed by atoms with van der Waals surface area (Å²) in [4.78, 5) is 27.2. The number of carbonyl (C=O) groups is 1. The van der Waals surface area contributed by atoms with Crippen LogP contribution in [0.4, 0.5) is 5.82 Å². The van der Waals surface area contributed by atoms with Crippen LogP contribution >= 0.6 is 0 Å². The van der Waals surface area contributed by atoms with Crippen molar-refractivity contribution in [3.05, 3.63) is 66.0 Å². The van der Waals surface area contributed by atoms with Gasteiger partial charge in [-0.25, -0.2) is 18.4 Å².